The van der Waals surface area contributed by atoms with Gasteiger partial charge in [0, 0.05) is 5.69 Å². The van der Waals surface area contributed by atoms with E-state index in [2.05, 4.69) is 10.0 Å². The Hall–Kier alpha value is -1.76. The van der Waals surface area contributed by atoms with Crippen LogP contribution in [0.25, 0.3) is 0 Å². The molecule has 110 valence electrons. The maximum Gasteiger partial charge on any atom is 0.229 e. The lowest BCUT2D eigenvalue weighted by Gasteiger charge is -2.20. The topological polar surface area (TPSA) is 67.4 Å². The maximum absolute atomic E-state index is 13.5. The zero-order valence-corrected chi connectivity index (χ0v) is 11.9. The monoisotopic (exact) mass is 300 g/mol. The first-order valence-corrected chi connectivity index (χ1v) is 8.15. The van der Waals surface area contributed by atoms with E-state index in [1.807, 2.05) is 6.08 Å². The number of hydrogen-bond acceptors (Lipinski definition) is 4. The molecule has 0 spiro atoms. The summed E-state index contributed by atoms with van der Waals surface area (Å²) in [6, 6.07) is 4.20. The van der Waals surface area contributed by atoms with Crippen molar-refractivity contribution in [3.05, 3.63) is 36.4 Å². The van der Waals surface area contributed by atoms with E-state index in [1.165, 1.54) is 12.1 Å². The summed E-state index contributed by atoms with van der Waals surface area (Å²) in [6.07, 6.45) is 6.57. The van der Waals surface area contributed by atoms with Crippen LogP contribution in [0.3, 0.4) is 0 Å². The fourth-order valence-corrected chi connectivity index (χ4v) is 2.44. The molecule has 1 aliphatic heterocycles. The molecule has 5 nitrogen and oxygen atoms in total. The third kappa shape index (κ3) is 4.41. The van der Waals surface area contributed by atoms with Crippen LogP contribution in [0.2, 0.25) is 0 Å². The van der Waals surface area contributed by atoms with Crippen LogP contribution < -0.4 is 10.0 Å². The quantitative estimate of drug-likeness (QED) is 0.875. The third-order valence-electron chi connectivity index (χ3n) is 2.82. The lowest BCUT2D eigenvalue weighted by atomic mass is 10.1. The van der Waals surface area contributed by atoms with Crippen molar-refractivity contribution >= 4 is 21.4 Å². The van der Waals surface area contributed by atoms with Crippen molar-refractivity contribution in [3.63, 3.8) is 0 Å². The first-order chi connectivity index (χ1) is 9.44. The average molecular weight is 300 g/mol. The first kappa shape index (κ1) is 14.6. The fourth-order valence-electron chi connectivity index (χ4n) is 1.88. The molecule has 1 unspecified atom stereocenters. The van der Waals surface area contributed by atoms with Gasteiger partial charge in [-0.15, -0.1) is 0 Å². The summed E-state index contributed by atoms with van der Waals surface area (Å²) in [7, 11) is -3.50. The van der Waals surface area contributed by atoms with Gasteiger partial charge < -0.3 is 10.1 Å². The van der Waals surface area contributed by atoms with Gasteiger partial charge in [0.05, 0.1) is 24.7 Å². The van der Waals surface area contributed by atoms with Gasteiger partial charge in [-0.3, -0.25) is 4.72 Å². The smallest absolute Gasteiger partial charge is 0.229 e. The minimum Gasteiger partial charge on any atom is -0.497 e. The van der Waals surface area contributed by atoms with Crippen LogP contribution in [0.1, 0.15) is 12.8 Å². The SMILES string of the molecule is CS(=O)(=O)Nc1cc(NCC2CCC=CO2)ccc1F. The Morgan fingerprint density at radius 3 is 2.90 bits per heavy atom. The maximum atomic E-state index is 13.5. The van der Waals surface area contributed by atoms with Gasteiger partial charge in [0.1, 0.15) is 11.9 Å². The van der Waals surface area contributed by atoms with Crippen molar-refractivity contribution in [3.8, 4) is 0 Å². The van der Waals surface area contributed by atoms with Crippen LogP contribution in [0.15, 0.2) is 30.5 Å². The Morgan fingerprint density at radius 1 is 1.45 bits per heavy atom. The Morgan fingerprint density at radius 2 is 2.25 bits per heavy atom. The average Bonchev–Trinajstić information content (AvgIpc) is 2.39. The molecule has 20 heavy (non-hydrogen) atoms. The number of nitrogens with one attached hydrogen (secondary N) is 2. The van der Waals surface area contributed by atoms with E-state index in [1.54, 1.807) is 12.3 Å². The number of anilines is 2. The Labute approximate surface area is 117 Å². The van der Waals surface area contributed by atoms with Crippen LogP contribution in [0, 0.1) is 5.82 Å². The van der Waals surface area contributed by atoms with E-state index in [9.17, 15) is 12.8 Å². The molecule has 0 bridgehead atoms. The van der Waals surface area contributed by atoms with Gasteiger partial charge in [0.2, 0.25) is 10.0 Å². The van der Waals surface area contributed by atoms with Crippen molar-refractivity contribution in [2.24, 2.45) is 0 Å². The van der Waals surface area contributed by atoms with Crippen molar-refractivity contribution in [1.82, 2.24) is 0 Å². The molecule has 1 atom stereocenters. The molecule has 7 heteroatoms. The van der Waals surface area contributed by atoms with Crippen LogP contribution in [-0.4, -0.2) is 27.3 Å². The molecule has 0 saturated heterocycles. The molecule has 0 aromatic heterocycles. The second-order valence-electron chi connectivity index (χ2n) is 4.66. The fraction of sp³-hybridized carbons (Fsp3) is 0.385. The zero-order chi connectivity index (χ0) is 14.6. The lowest BCUT2D eigenvalue weighted by Crippen LogP contribution is -2.23. The predicted octanol–water partition coefficient (Wildman–Crippen LogP) is 2.30. The summed E-state index contributed by atoms with van der Waals surface area (Å²) in [4.78, 5) is 0. The summed E-state index contributed by atoms with van der Waals surface area (Å²) in [5.41, 5.74) is 0.567. The van der Waals surface area contributed by atoms with E-state index >= 15 is 0 Å². The molecule has 1 aliphatic rings. The van der Waals surface area contributed by atoms with Gasteiger partial charge in [-0.05, 0) is 37.1 Å². The number of allylic oxidation sites excluding steroid dienone is 1. The molecule has 1 aromatic rings. The number of benzene rings is 1. The van der Waals surface area contributed by atoms with E-state index in [-0.39, 0.29) is 11.8 Å². The third-order valence-corrected chi connectivity index (χ3v) is 3.41. The molecule has 1 heterocycles. The van der Waals surface area contributed by atoms with Crippen molar-refractivity contribution < 1.29 is 17.5 Å². The second kappa shape index (κ2) is 6.13. The van der Waals surface area contributed by atoms with Crippen LogP contribution in [0.5, 0.6) is 0 Å². The first-order valence-electron chi connectivity index (χ1n) is 6.26. The molecule has 2 N–H and O–H groups in total. The minimum absolute atomic E-state index is 0.0661. The predicted molar refractivity (Wildman–Crippen MR) is 76.6 cm³/mol. The van der Waals surface area contributed by atoms with Gasteiger partial charge in [0.25, 0.3) is 0 Å². The minimum atomic E-state index is -3.50. The summed E-state index contributed by atoms with van der Waals surface area (Å²) in [6.45, 7) is 0.578. The van der Waals surface area contributed by atoms with Gasteiger partial charge in [-0.2, -0.15) is 0 Å². The summed E-state index contributed by atoms with van der Waals surface area (Å²) in [5.74, 6) is -0.613. The molecule has 1 aromatic carbocycles. The van der Waals surface area contributed by atoms with Crippen molar-refractivity contribution in [2.75, 3.05) is 22.8 Å². The highest BCUT2D eigenvalue weighted by atomic mass is 32.2. The highest BCUT2D eigenvalue weighted by Crippen LogP contribution is 2.21. The van der Waals surface area contributed by atoms with Gasteiger partial charge in [-0.1, -0.05) is 0 Å². The standard InChI is InChI=1S/C13H17FN2O3S/c1-20(17,18)16-13-8-10(5-6-12(13)14)15-9-11-4-2-3-7-19-11/h3,5-8,11,15-16H,2,4,9H2,1H3. The number of rotatable bonds is 5. The molecule has 0 saturated carbocycles. The van der Waals surface area contributed by atoms with Crippen molar-refractivity contribution in [2.45, 2.75) is 18.9 Å². The van der Waals surface area contributed by atoms with Crippen LogP contribution in [0.4, 0.5) is 15.8 Å². The molecule has 0 amide bonds. The zero-order valence-electron chi connectivity index (χ0n) is 11.1. The number of sulfonamides is 1. The highest BCUT2D eigenvalue weighted by Gasteiger charge is 2.12. The molecule has 2 rings (SSSR count). The Kier molecular flexibility index (Phi) is 4.49. The van der Waals surface area contributed by atoms with E-state index < -0.39 is 15.8 Å². The highest BCUT2D eigenvalue weighted by molar-refractivity contribution is 7.92. The molecule has 0 aliphatic carbocycles. The Bertz CT molecular complexity index is 602. The molecular formula is C13H17FN2O3S. The van der Waals surface area contributed by atoms with Crippen LogP contribution in [-0.2, 0) is 14.8 Å². The van der Waals surface area contributed by atoms with Crippen molar-refractivity contribution in [1.29, 1.82) is 0 Å². The second-order valence-corrected chi connectivity index (χ2v) is 6.41. The Balaban J connectivity index is 2.01. The van der Waals surface area contributed by atoms with E-state index in [0.29, 0.717) is 12.2 Å². The molecular weight excluding hydrogens is 283 g/mol. The van der Waals surface area contributed by atoms with E-state index in [4.69, 9.17) is 4.74 Å². The number of ether oxygens (including phenoxy) is 1. The summed E-state index contributed by atoms with van der Waals surface area (Å²) >= 11 is 0. The molecule has 0 fully saturated rings. The van der Waals surface area contributed by atoms with E-state index in [0.717, 1.165) is 19.1 Å². The molecule has 0 radical (unpaired) electrons. The number of hydrogen-bond donors (Lipinski definition) is 2. The van der Waals surface area contributed by atoms with Crippen LogP contribution >= 0.6 is 0 Å². The normalized spacial score (nSPS) is 18.4. The number of halogens is 1. The lowest BCUT2D eigenvalue weighted by molar-refractivity contribution is 0.135. The largest absolute Gasteiger partial charge is 0.497 e. The van der Waals surface area contributed by atoms with Gasteiger partial charge in [-0.25, -0.2) is 12.8 Å². The summed E-state index contributed by atoms with van der Waals surface area (Å²) < 4.78 is 43.3. The van der Waals surface area contributed by atoms with Gasteiger partial charge in [0.15, 0.2) is 0 Å². The summed E-state index contributed by atoms with van der Waals surface area (Å²) in [5, 5.41) is 3.11. The van der Waals surface area contributed by atoms with Gasteiger partial charge >= 0.3 is 0 Å².